The van der Waals surface area contributed by atoms with E-state index < -0.39 is 11.4 Å². The number of benzene rings is 2. The maximum atomic E-state index is 13.0. The number of ether oxygens (including phenoxy) is 1. The number of nitrogens with one attached hydrogen (secondary N) is 1. The Hall–Kier alpha value is -2.40. The molecule has 0 bridgehead atoms. The lowest BCUT2D eigenvalue weighted by Gasteiger charge is -2.17. The fourth-order valence-electron chi connectivity index (χ4n) is 1.87. The first-order chi connectivity index (χ1) is 10.3. The molecule has 0 aliphatic carbocycles. The Kier molecular flexibility index (Phi) is 4.78. The quantitative estimate of drug-likeness (QED) is 0.892. The van der Waals surface area contributed by atoms with E-state index in [1.54, 1.807) is 44.2 Å². The highest BCUT2D eigenvalue weighted by Crippen LogP contribution is 2.22. The third-order valence-electron chi connectivity index (χ3n) is 3.04. The lowest BCUT2D eigenvalue weighted by atomic mass is 9.99. The lowest BCUT2D eigenvalue weighted by Crippen LogP contribution is -2.20. The predicted molar refractivity (Wildman–Crippen MR) is 82.2 cm³/mol. The van der Waals surface area contributed by atoms with Gasteiger partial charge < -0.3 is 15.2 Å². The van der Waals surface area contributed by atoms with Gasteiger partial charge in [-0.15, -0.1) is 0 Å². The third kappa shape index (κ3) is 4.56. The van der Waals surface area contributed by atoms with Crippen molar-refractivity contribution in [2.75, 3.05) is 11.9 Å². The van der Waals surface area contributed by atoms with Gasteiger partial charge in [-0.3, -0.25) is 4.79 Å². The number of carbonyl (C=O) groups is 1. The van der Waals surface area contributed by atoms with Crippen LogP contribution in [0, 0.1) is 5.82 Å². The molecule has 4 nitrogen and oxygen atoms in total. The zero-order chi connectivity index (χ0) is 16.2. The molecule has 0 atom stereocenters. The van der Waals surface area contributed by atoms with E-state index in [-0.39, 0.29) is 12.5 Å². The molecule has 0 spiro atoms. The maximum absolute atomic E-state index is 13.0. The van der Waals surface area contributed by atoms with Crippen LogP contribution in [0.2, 0.25) is 0 Å². The molecule has 2 rings (SSSR count). The van der Waals surface area contributed by atoms with Crippen molar-refractivity contribution in [1.82, 2.24) is 0 Å². The Morgan fingerprint density at radius 1 is 1.23 bits per heavy atom. The minimum atomic E-state index is -0.923. The van der Waals surface area contributed by atoms with E-state index in [0.29, 0.717) is 11.4 Å². The van der Waals surface area contributed by atoms with Crippen molar-refractivity contribution >= 4 is 11.6 Å². The lowest BCUT2D eigenvalue weighted by molar-refractivity contribution is -0.118. The number of rotatable bonds is 5. The number of carbonyl (C=O) groups excluding carboxylic acids is 1. The topological polar surface area (TPSA) is 58.6 Å². The normalized spacial score (nSPS) is 11.1. The molecule has 0 radical (unpaired) electrons. The summed E-state index contributed by atoms with van der Waals surface area (Å²) in [5.41, 5.74) is 0.211. The number of halogens is 1. The van der Waals surface area contributed by atoms with E-state index in [1.165, 1.54) is 18.2 Å². The van der Waals surface area contributed by atoms with Gasteiger partial charge in [-0.1, -0.05) is 18.2 Å². The molecule has 5 heteroatoms. The van der Waals surface area contributed by atoms with Crippen LogP contribution in [0.25, 0.3) is 0 Å². The summed E-state index contributed by atoms with van der Waals surface area (Å²) in [6.07, 6.45) is 0. The smallest absolute Gasteiger partial charge is 0.262 e. The minimum Gasteiger partial charge on any atom is -0.484 e. The molecule has 2 aromatic rings. The van der Waals surface area contributed by atoms with Crippen molar-refractivity contribution in [3.63, 3.8) is 0 Å². The van der Waals surface area contributed by atoms with Crippen molar-refractivity contribution in [3.05, 3.63) is 59.9 Å². The van der Waals surface area contributed by atoms with Crippen LogP contribution in [-0.2, 0) is 10.4 Å². The molecule has 2 N–H and O–H groups in total. The highest BCUT2D eigenvalue weighted by molar-refractivity contribution is 5.91. The molecule has 0 saturated heterocycles. The van der Waals surface area contributed by atoms with Crippen molar-refractivity contribution in [2.24, 2.45) is 0 Å². The highest BCUT2D eigenvalue weighted by Gasteiger charge is 2.15. The monoisotopic (exact) mass is 303 g/mol. The van der Waals surface area contributed by atoms with Crippen molar-refractivity contribution in [1.29, 1.82) is 0 Å². The van der Waals surface area contributed by atoms with Crippen LogP contribution < -0.4 is 10.1 Å². The minimum absolute atomic E-state index is 0.182. The fourth-order valence-corrected chi connectivity index (χ4v) is 1.87. The predicted octanol–water partition coefficient (Wildman–Crippen LogP) is 3.07. The zero-order valence-electron chi connectivity index (χ0n) is 12.5. The average Bonchev–Trinajstić information content (AvgIpc) is 2.45. The van der Waals surface area contributed by atoms with E-state index >= 15 is 0 Å². The van der Waals surface area contributed by atoms with Crippen LogP contribution in [0.4, 0.5) is 10.1 Å². The molecular formula is C17H18FNO3. The SMILES string of the molecule is CC(C)(O)c1ccc(OCC(=O)Nc2cccc(F)c2)cc1. The van der Waals surface area contributed by atoms with Crippen LogP contribution in [0.5, 0.6) is 5.75 Å². The van der Waals surface area contributed by atoms with Crippen molar-refractivity contribution in [2.45, 2.75) is 19.4 Å². The third-order valence-corrected chi connectivity index (χ3v) is 3.04. The molecule has 0 aromatic heterocycles. The molecule has 1 amide bonds. The largest absolute Gasteiger partial charge is 0.484 e. The Bertz CT molecular complexity index is 648. The van der Waals surface area contributed by atoms with Gasteiger partial charge in [-0.05, 0) is 49.7 Å². The van der Waals surface area contributed by atoms with Gasteiger partial charge in [0, 0.05) is 5.69 Å². The molecule has 2 aromatic carbocycles. The first kappa shape index (κ1) is 16.0. The molecular weight excluding hydrogens is 285 g/mol. The van der Waals surface area contributed by atoms with Gasteiger partial charge in [0.2, 0.25) is 0 Å². The summed E-state index contributed by atoms with van der Waals surface area (Å²) in [7, 11) is 0. The first-order valence-corrected chi connectivity index (χ1v) is 6.86. The van der Waals surface area contributed by atoms with Gasteiger partial charge in [0.25, 0.3) is 5.91 Å². The highest BCUT2D eigenvalue weighted by atomic mass is 19.1. The summed E-state index contributed by atoms with van der Waals surface area (Å²) in [6.45, 7) is 3.20. The molecule has 0 saturated carbocycles. The number of amides is 1. The van der Waals surface area contributed by atoms with Gasteiger partial charge in [-0.2, -0.15) is 0 Å². The van der Waals surface area contributed by atoms with E-state index in [1.807, 2.05) is 0 Å². The average molecular weight is 303 g/mol. The second kappa shape index (κ2) is 6.58. The molecule has 0 aliphatic heterocycles. The Balaban J connectivity index is 1.88. The number of hydrogen-bond acceptors (Lipinski definition) is 3. The van der Waals surface area contributed by atoms with Crippen LogP contribution in [0.1, 0.15) is 19.4 Å². The van der Waals surface area contributed by atoms with Gasteiger partial charge >= 0.3 is 0 Å². The van der Waals surface area contributed by atoms with E-state index in [9.17, 15) is 14.3 Å². The first-order valence-electron chi connectivity index (χ1n) is 6.86. The van der Waals surface area contributed by atoms with Crippen LogP contribution in [0.3, 0.4) is 0 Å². The van der Waals surface area contributed by atoms with Gasteiger partial charge in [0.1, 0.15) is 11.6 Å². The summed E-state index contributed by atoms with van der Waals surface area (Å²) < 4.78 is 18.3. The number of aliphatic hydroxyl groups is 1. The fraction of sp³-hybridized carbons (Fsp3) is 0.235. The maximum Gasteiger partial charge on any atom is 0.262 e. The second-order valence-corrected chi connectivity index (χ2v) is 5.43. The Morgan fingerprint density at radius 2 is 1.91 bits per heavy atom. The van der Waals surface area contributed by atoms with Gasteiger partial charge in [0.05, 0.1) is 5.60 Å². The van der Waals surface area contributed by atoms with Gasteiger partial charge in [-0.25, -0.2) is 4.39 Å². The summed E-state index contributed by atoms with van der Waals surface area (Å²) >= 11 is 0. The Morgan fingerprint density at radius 3 is 2.50 bits per heavy atom. The Labute approximate surface area is 128 Å². The van der Waals surface area contributed by atoms with Crippen LogP contribution >= 0.6 is 0 Å². The summed E-state index contributed by atoms with van der Waals surface area (Å²) in [5.74, 6) is -0.277. The molecule has 0 fully saturated rings. The molecule has 116 valence electrons. The van der Waals surface area contributed by atoms with Crippen molar-refractivity contribution in [3.8, 4) is 5.75 Å². The summed E-state index contributed by atoms with van der Waals surface area (Å²) in [4.78, 5) is 11.7. The molecule has 0 unspecified atom stereocenters. The summed E-state index contributed by atoms with van der Waals surface area (Å²) in [5, 5.41) is 12.4. The van der Waals surface area contributed by atoms with E-state index in [2.05, 4.69) is 5.32 Å². The van der Waals surface area contributed by atoms with Crippen molar-refractivity contribution < 1.29 is 19.0 Å². The molecule has 0 heterocycles. The van der Waals surface area contributed by atoms with Gasteiger partial charge in [0.15, 0.2) is 6.61 Å². The summed E-state index contributed by atoms with van der Waals surface area (Å²) in [6, 6.07) is 12.5. The van der Waals surface area contributed by atoms with Crippen LogP contribution in [-0.4, -0.2) is 17.6 Å². The number of anilines is 1. The number of hydrogen-bond donors (Lipinski definition) is 2. The molecule has 0 aliphatic rings. The van der Waals surface area contributed by atoms with E-state index in [0.717, 1.165) is 5.56 Å². The molecule has 22 heavy (non-hydrogen) atoms. The zero-order valence-corrected chi connectivity index (χ0v) is 12.5. The standard InChI is InChI=1S/C17H18FNO3/c1-17(2,21)12-6-8-15(9-7-12)22-11-16(20)19-14-5-3-4-13(18)10-14/h3-10,21H,11H2,1-2H3,(H,19,20). The second-order valence-electron chi connectivity index (χ2n) is 5.43. The van der Waals surface area contributed by atoms with Crippen LogP contribution in [0.15, 0.2) is 48.5 Å². The van der Waals surface area contributed by atoms with E-state index in [4.69, 9.17) is 4.74 Å².